The maximum Gasteiger partial charge on any atom is 0.201 e. The third kappa shape index (κ3) is 2.02. The van der Waals surface area contributed by atoms with Crippen LogP contribution in [0.5, 0.6) is 0 Å². The number of pyridine rings is 2. The molecule has 3 aromatic heterocycles. The van der Waals surface area contributed by atoms with Gasteiger partial charge in [0.25, 0.3) is 0 Å². The molecule has 0 atom stereocenters. The Balaban J connectivity index is 1.96. The molecule has 0 bridgehead atoms. The first-order valence-electron chi connectivity index (χ1n) is 5.49. The number of anilines is 1. The van der Waals surface area contributed by atoms with E-state index in [-0.39, 0.29) is 0 Å². The summed E-state index contributed by atoms with van der Waals surface area (Å²) < 4.78 is 1.94. The second-order valence-electron chi connectivity index (χ2n) is 3.62. The summed E-state index contributed by atoms with van der Waals surface area (Å²) in [6.07, 6.45) is 1.94. The molecule has 0 aliphatic heterocycles. The van der Waals surface area contributed by atoms with E-state index in [4.69, 9.17) is 0 Å². The van der Waals surface area contributed by atoms with E-state index >= 15 is 0 Å². The summed E-state index contributed by atoms with van der Waals surface area (Å²) in [5, 5.41) is 13.0. The SMILES string of the molecule is CNc1cccc(Sc2nnc3ccccn23)n1. The van der Waals surface area contributed by atoms with Gasteiger partial charge in [0.1, 0.15) is 10.8 Å². The van der Waals surface area contributed by atoms with E-state index in [1.54, 1.807) is 0 Å². The van der Waals surface area contributed by atoms with Crippen LogP contribution in [-0.2, 0) is 0 Å². The highest BCUT2D eigenvalue weighted by Crippen LogP contribution is 2.25. The monoisotopic (exact) mass is 257 g/mol. The fourth-order valence-corrected chi connectivity index (χ4v) is 2.41. The summed E-state index contributed by atoms with van der Waals surface area (Å²) in [6, 6.07) is 11.7. The van der Waals surface area contributed by atoms with Gasteiger partial charge in [-0.05, 0) is 36.0 Å². The van der Waals surface area contributed by atoms with Gasteiger partial charge in [-0.1, -0.05) is 12.1 Å². The summed E-state index contributed by atoms with van der Waals surface area (Å²) in [5.41, 5.74) is 0.838. The third-order valence-electron chi connectivity index (χ3n) is 2.46. The first-order valence-corrected chi connectivity index (χ1v) is 6.31. The summed E-state index contributed by atoms with van der Waals surface area (Å²) in [4.78, 5) is 4.44. The Bertz CT molecular complexity index is 679. The van der Waals surface area contributed by atoms with E-state index in [1.165, 1.54) is 11.8 Å². The van der Waals surface area contributed by atoms with Gasteiger partial charge in [-0.3, -0.25) is 4.40 Å². The van der Waals surface area contributed by atoms with Crippen LogP contribution in [0.25, 0.3) is 5.65 Å². The lowest BCUT2D eigenvalue weighted by Crippen LogP contribution is -1.93. The van der Waals surface area contributed by atoms with Crippen molar-refractivity contribution in [2.75, 3.05) is 12.4 Å². The Labute approximate surface area is 108 Å². The average molecular weight is 257 g/mol. The molecule has 0 fully saturated rings. The van der Waals surface area contributed by atoms with E-state index < -0.39 is 0 Å². The molecule has 0 radical (unpaired) electrons. The van der Waals surface area contributed by atoms with Crippen molar-refractivity contribution >= 4 is 23.2 Å². The molecule has 90 valence electrons. The Morgan fingerprint density at radius 2 is 2.06 bits per heavy atom. The van der Waals surface area contributed by atoms with Gasteiger partial charge in [-0.15, -0.1) is 10.2 Å². The lowest BCUT2D eigenvalue weighted by atomic mass is 10.5. The molecule has 5 nitrogen and oxygen atoms in total. The zero-order valence-corrected chi connectivity index (χ0v) is 10.6. The highest BCUT2D eigenvalue weighted by atomic mass is 32.2. The average Bonchev–Trinajstić information content (AvgIpc) is 2.83. The van der Waals surface area contributed by atoms with Gasteiger partial charge in [-0.2, -0.15) is 0 Å². The molecular formula is C12H11N5S. The summed E-state index contributed by atoms with van der Waals surface area (Å²) in [5.74, 6) is 0.842. The second-order valence-corrected chi connectivity index (χ2v) is 4.61. The van der Waals surface area contributed by atoms with Crippen molar-refractivity contribution in [1.82, 2.24) is 19.6 Å². The Kier molecular flexibility index (Phi) is 2.85. The lowest BCUT2D eigenvalue weighted by molar-refractivity contribution is 0.917. The Morgan fingerprint density at radius 3 is 2.94 bits per heavy atom. The molecule has 0 spiro atoms. The quantitative estimate of drug-likeness (QED) is 0.780. The smallest absolute Gasteiger partial charge is 0.201 e. The molecule has 0 unspecified atom stereocenters. The highest BCUT2D eigenvalue weighted by molar-refractivity contribution is 7.99. The van der Waals surface area contributed by atoms with Crippen LogP contribution in [0.15, 0.2) is 52.8 Å². The number of rotatable bonds is 3. The fourth-order valence-electron chi connectivity index (χ4n) is 1.59. The van der Waals surface area contributed by atoms with Gasteiger partial charge in [0.15, 0.2) is 5.65 Å². The molecule has 6 heteroatoms. The summed E-state index contributed by atoms with van der Waals surface area (Å²) in [7, 11) is 1.85. The van der Waals surface area contributed by atoms with Crippen molar-refractivity contribution < 1.29 is 0 Å². The van der Waals surface area contributed by atoms with E-state index in [0.29, 0.717) is 0 Å². The van der Waals surface area contributed by atoms with Gasteiger partial charge in [0.05, 0.1) is 0 Å². The number of aromatic nitrogens is 4. The minimum absolute atomic E-state index is 0.811. The molecule has 0 saturated heterocycles. The zero-order valence-electron chi connectivity index (χ0n) is 9.74. The van der Waals surface area contributed by atoms with E-state index in [9.17, 15) is 0 Å². The van der Waals surface area contributed by atoms with Gasteiger partial charge in [0.2, 0.25) is 5.16 Å². The number of hydrogen-bond donors (Lipinski definition) is 1. The van der Waals surface area contributed by atoms with E-state index in [0.717, 1.165) is 21.6 Å². The minimum Gasteiger partial charge on any atom is -0.373 e. The third-order valence-corrected chi connectivity index (χ3v) is 3.36. The number of nitrogens with zero attached hydrogens (tertiary/aromatic N) is 4. The molecule has 0 amide bonds. The topological polar surface area (TPSA) is 55.1 Å². The molecule has 1 N–H and O–H groups in total. The van der Waals surface area contributed by atoms with Crippen molar-refractivity contribution in [3.63, 3.8) is 0 Å². The van der Waals surface area contributed by atoms with Gasteiger partial charge in [0, 0.05) is 13.2 Å². The van der Waals surface area contributed by atoms with Gasteiger partial charge >= 0.3 is 0 Å². The van der Waals surface area contributed by atoms with Crippen LogP contribution in [0.1, 0.15) is 0 Å². The first-order chi connectivity index (χ1) is 8.86. The maximum atomic E-state index is 4.44. The standard InChI is InChI=1S/C12H11N5S/c1-13-9-5-4-7-11(14-9)18-12-16-15-10-6-2-3-8-17(10)12/h2-8H,1H3,(H,13,14). The minimum atomic E-state index is 0.811. The van der Waals surface area contributed by atoms with E-state index in [1.807, 2.05) is 54.0 Å². The lowest BCUT2D eigenvalue weighted by Gasteiger charge is -2.02. The molecule has 0 aromatic carbocycles. The highest BCUT2D eigenvalue weighted by Gasteiger charge is 2.07. The van der Waals surface area contributed by atoms with Crippen LogP contribution >= 0.6 is 11.8 Å². The Hall–Kier alpha value is -2.08. The second kappa shape index (κ2) is 4.66. The van der Waals surface area contributed by atoms with Crippen molar-refractivity contribution in [3.8, 4) is 0 Å². The van der Waals surface area contributed by atoms with Crippen molar-refractivity contribution in [3.05, 3.63) is 42.6 Å². The molecule has 0 aliphatic rings. The van der Waals surface area contributed by atoms with Crippen LogP contribution in [0.4, 0.5) is 5.82 Å². The molecular weight excluding hydrogens is 246 g/mol. The van der Waals surface area contributed by atoms with Gasteiger partial charge < -0.3 is 5.32 Å². The van der Waals surface area contributed by atoms with Crippen LogP contribution < -0.4 is 5.32 Å². The normalized spacial score (nSPS) is 10.7. The van der Waals surface area contributed by atoms with Crippen LogP contribution in [0.3, 0.4) is 0 Å². The first kappa shape index (κ1) is 11.0. The van der Waals surface area contributed by atoms with Crippen LogP contribution in [0, 0.1) is 0 Å². The fraction of sp³-hybridized carbons (Fsp3) is 0.0833. The predicted octanol–water partition coefficient (Wildman–Crippen LogP) is 2.32. The largest absolute Gasteiger partial charge is 0.373 e. The van der Waals surface area contributed by atoms with Crippen LogP contribution in [0.2, 0.25) is 0 Å². The van der Waals surface area contributed by atoms with Crippen LogP contribution in [-0.4, -0.2) is 26.6 Å². The zero-order chi connectivity index (χ0) is 12.4. The van der Waals surface area contributed by atoms with Gasteiger partial charge in [-0.25, -0.2) is 4.98 Å². The number of nitrogens with one attached hydrogen (secondary N) is 1. The molecule has 3 rings (SSSR count). The number of fused-ring (bicyclic) bond motifs is 1. The van der Waals surface area contributed by atoms with Crippen molar-refractivity contribution in [2.24, 2.45) is 0 Å². The maximum absolute atomic E-state index is 4.44. The van der Waals surface area contributed by atoms with Crippen molar-refractivity contribution in [2.45, 2.75) is 10.2 Å². The number of hydrogen-bond acceptors (Lipinski definition) is 5. The molecule has 0 saturated carbocycles. The van der Waals surface area contributed by atoms with Crippen molar-refractivity contribution in [1.29, 1.82) is 0 Å². The molecule has 3 heterocycles. The summed E-state index contributed by atoms with van der Waals surface area (Å²) >= 11 is 1.49. The summed E-state index contributed by atoms with van der Waals surface area (Å²) in [6.45, 7) is 0. The van der Waals surface area contributed by atoms with E-state index in [2.05, 4.69) is 20.5 Å². The molecule has 0 aliphatic carbocycles. The molecule has 18 heavy (non-hydrogen) atoms. The molecule has 3 aromatic rings. The Morgan fingerprint density at radius 1 is 1.11 bits per heavy atom. The predicted molar refractivity (Wildman–Crippen MR) is 70.9 cm³/mol.